The zero-order valence-electron chi connectivity index (χ0n) is 12.5. The van der Waals surface area contributed by atoms with Gasteiger partial charge in [-0.15, -0.1) is 0 Å². The molecule has 3 aliphatic rings. The number of amides is 1. The maximum absolute atomic E-state index is 12.9. The van der Waals surface area contributed by atoms with Crippen LogP contribution in [0.4, 0.5) is 4.79 Å². The summed E-state index contributed by atoms with van der Waals surface area (Å²) in [4.78, 5) is 10.7. The van der Waals surface area contributed by atoms with Gasteiger partial charge in [0.25, 0.3) is 10.2 Å². The topological polar surface area (TPSA) is 116 Å². The fourth-order valence-electron chi connectivity index (χ4n) is 4.09. The van der Waals surface area contributed by atoms with E-state index in [2.05, 4.69) is 5.32 Å². The Hall–Kier alpha value is -0.900. The molecule has 3 fully saturated rings. The summed E-state index contributed by atoms with van der Waals surface area (Å²) >= 11 is 0. The van der Waals surface area contributed by atoms with E-state index in [0.29, 0.717) is 25.9 Å². The van der Waals surface area contributed by atoms with E-state index in [1.807, 2.05) is 0 Å². The van der Waals surface area contributed by atoms with E-state index in [1.165, 1.54) is 4.31 Å². The second-order valence-electron chi connectivity index (χ2n) is 6.58. The molecule has 2 bridgehead atoms. The average molecular weight is 332 g/mol. The molecule has 0 aromatic rings. The third-order valence-electron chi connectivity index (χ3n) is 5.08. The summed E-state index contributed by atoms with van der Waals surface area (Å²) in [5.74, 6) is 0. The number of nitrogens with zero attached hydrogens (tertiary/aromatic N) is 2. The van der Waals surface area contributed by atoms with Gasteiger partial charge in [-0.05, 0) is 38.5 Å². The minimum atomic E-state index is -3.46. The molecule has 4 N–H and O–H groups in total. The first-order valence-corrected chi connectivity index (χ1v) is 9.31. The van der Waals surface area contributed by atoms with Gasteiger partial charge in [-0.3, -0.25) is 0 Å². The Morgan fingerprint density at radius 2 is 1.64 bits per heavy atom. The van der Waals surface area contributed by atoms with Crippen LogP contribution in [0, 0.1) is 0 Å². The number of nitrogens with two attached hydrogens (primary N) is 1. The van der Waals surface area contributed by atoms with Crippen LogP contribution in [0.2, 0.25) is 0 Å². The first-order valence-electron chi connectivity index (χ1n) is 7.91. The highest BCUT2D eigenvalue weighted by atomic mass is 32.2. The van der Waals surface area contributed by atoms with Crippen molar-refractivity contribution in [2.75, 3.05) is 13.1 Å². The Morgan fingerprint density at radius 3 is 2.14 bits per heavy atom. The van der Waals surface area contributed by atoms with E-state index >= 15 is 0 Å². The Balaban J connectivity index is 1.66. The molecule has 3 atom stereocenters. The maximum Gasteiger partial charge on any atom is 0.404 e. The maximum atomic E-state index is 12.9. The van der Waals surface area contributed by atoms with Crippen LogP contribution in [0.5, 0.6) is 0 Å². The predicted octanol–water partition coefficient (Wildman–Crippen LogP) is -0.0827. The largest absolute Gasteiger partial charge is 0.465 e. The zero-order chi connectivity index (χ0) is 15.9. The van der Waals surface area contributed by atoms with Gasteiger partial charge in [0.1, 0.15) is 0 Å². The minimum absolute atomic E-state index is 0.0358. The van der Waals surface area contributed by atoms with Gasteiger partial charge in [-0.2, -0.15) is 17.0 Å². The van der Waals surface area contributed by atoms with E-state index < -0.39 is 16.3 Å². The molecule has 0 radical (unpaired) electrons. The van der Waals surface area contributed by atoms with Crippen molar-refractivity contribution in [2.45, 2.75) is 62.7 Å². The van der Waals surface area contributed by atoms with Crippen LogP contribution in [0.15, 0.2) is 0 Å². The molecule has 0 aromatic heterocycles. The zero-order valence-corrected chi connectivity index (χ0v) is 13.3. The lowest BCUT2D eigenvalue weighted by Gasteiger charge is -2.41. The van der Waals surface area contributed by atoms with Gasteiger partial charge in [-0.25, -0.2) is 4.79 Å². The lowest BCUT2D eigenvalue weighted by Crippen LogP contribution is -2.56. The number of carbonyl (C=O) groups is 1. The van der Waals surface area contributed by atoms with Crippen molar-refractivity contribution in [3.63, 3.8) is 0 Å². The van der Waals surface area contributed by atoms with Gasteiger partial charge < -0.3 is 16.2 Å². The normalized spacial score (nSPS) is 34.7. The monoisotopic (exact) mass is 332 g/mol. The summed E-state index contributed by atoms with van der Waals surface area (Å²) in [5, 5.41) is 11.2. The summed E-state index contributed by atoms with van der Waals surface area (Å²) in [6, 6.07) is 0.0205. The standard InChI is InChI=1S/C13H24N4O4S/c14-9-7-11-1-2-12(8-9)17(11)22(20,21)16-5-3-10(4-6-16)15-13(18)19/h9-12,15H,1-8,14H2,(H,18,19)/t9-,11+,12-. The van der Waals surface area contributed by atoms with E-state index in [4.69, 9.17) is 10.8 Å². The Bertz CT molecular complexity index is 518. The molecular formula is C13H24N4O4S. The molecule has 126 valence electrons. The van der Waals surface area contributed by atoms with E-state index in [9.17, 15) is 13.2 Å². The number of nitrogens with one attached hydrogen (secondary N) is 1. The minimum Gasteiger partial charge on any atom is -0.465 e. The number of rotatable bonds is 3. The predicted molar refractivity (Wildman–Crippen MR) is 80.5 cm³/mol. The fraction of sp³-hybridized carbons (Fsp3) is 0.923. The van der Waals surface area contributed by atoms with Crippen LogP contribution >= 0.6 is 0 Å². The molecule has 3 aliphatic heterocycles. The van der Waals surface area contributed by atoms with E-state index in [-0.39, 0.29) is 24.2 Å². The molecule has 0 aromatic carbocycles. The van der Waals surface area contributed by atoms with Crippen molar-refractivity contribution in [1.29, 1.82) is 0 Å². The van der Waals surface area contributed by atoms with Crippen LogP contribution in [-0.4, -0.2) is 65.5 Å². The van der Waals surface area contributed by atoms with Crippen LogP contribution in [0.3, 0.4) is 0 Å². The van der Waals surface area contributed by atoms with Crippen molar-refractivity contribution in [2.24, 2.45) is 5.73 Å². The van der Waals surface area contributed by atoms with Gasteiger partial charge >= 0.3 is 6.09 Å². The summed E-state index contributed by atoms with van der Waals surface area (Å²) in [6.45, 7) is 0.741. The Labute approximate surface area is 130 Å². The number of piperidine rings is 2. The second-order valence-corrected chi connectivity index (χ2v) is 8.41. The highest BCUT2D eigenvalue weighted by molar-refractivity contribution is 7.86. The van der Waals surface area contributed by atoms with E-state index in [0.717, 1.165) is 25.7 Å². The summed E-state index contributed by atoms with van der Waals surface area (Å²) in [7, 11) is -3.46. The first kappa shape index (κ1) is 16.0. The SMILES string of the molecule is N[C@H]1C[C@H]2CC[C@@H](C1)N2S(=O)(=O)N1CCC(NC(=O)O)CC1. The van der Waals surface area contributed by atoms with Crippen LogP contribution in [-0.2, 0) is 10.2 Å². The highest BCUT2D eigenvalue weighted by Crippen LogP contribution is 2.38. The highest BCUT2D eigenvalue weighted by Gasteiger charge is 2.48. The molecule has 0 saturated carbocycles. The molecule has 3 saturated heterocycles. The van der Waals surface area contributed by atoms with Gasteiger partial charge in [0.15, 0.2) is 0 Å². The van der Waals surface area contributed by atoms with Crippen LogP contribution < -0.4 is 11.1 Å². The van der Waals surface area contributed by atoms with Gasteiger partial charge in [0, 0.05) is 37.3 Å². The van der Waals surface area contributed by atoms with Crippen molar-refractivity contribution in [3.05, 3.63) is 0 Å². The fourth-order valence-corrected chi connectivity index (χ4v) is 6.17. The summed E-state index contributed by atoms with van der Waals surface area (Å²) < 4.78 is 29.0. The third-order valence-corrected chi connectivity index (χ3v) is 7.22. The van der Waals surface area contributed by atoms with Gasteiger partial charge in [-0.1, -0.05) is 0 Å². The van der Waals surface area contributed by atoms with Gasteiger partial charge in [0.05, 0.1) is 0 Å². The quantitative estimate of drug-likeness (QED) is 0.668. The molecule has 1 amide bonds. The molecule has 3 rings (SSSR count). The number of fused-ring (bicyclic) bond motifs is 2. The molecule has 8 nitrogen and oxygen atoms in total. The van der Waals surface area contributed by atoms with Gasteiger partial charge in [0.2, 0.25) is 0 Å². The third kappa shape index (κ3) is 2.94. The molecule has 22 heavy (non-hydrogen) atoms. The number of carboxylic acid groups (broad SMARTS) is 1. The van der Waals surface area contributed by atoms with Crippen molar-refractivity contribution < 1.29 is 18.3 Å². The molecular weight excluding hydrogens is 308 g/mol. The lowest BCUT2D eigenvalue weighted by atomic mass is 10.0. The van der Waals surface area contributed by atoms with Crippen molar-refractivity contribution in [3.8, 4) is 0 Å². The van der Waals surface area contributed by atoms with E-state index in [1.54, 1.807) is 4.31 Å². The molecule has 3 heterocycles. The molecule has 0 spiro atoms. The Kier molecular flexibility index (Phi) is 4.32. The van der Waals surface area contributed by atoms with Crippen molar-refractivity contribution >= 4 is 16.3 Å². The number of hydrogen-bond donors (Lipinski definition) is 3. The number of hydrogen-bond acceptors (Lipinski definition) is 4. The lowest BCUT2D eigenvalue weighted by molar-refractivity contribution is 0.178. The molecule has 9 heteroatoms. The summed E-state index contributed by atoms with van der Waals surface area (Å²) in [6.07, 6.45) is 3.27. The molecule has 0 unspecified atom stereocenters. The second kappa shape index (κ2) is 5.95. The average Bonchev–Trinajstić information content (AvgIpc) is 2.72. The Morgan fingerprint density at radius 1 is 1.09 bits per heavy atom. The molecule has 0 aliphatic carbocycles. The van der Waals surface area contributed by atoms with Crippen molar-refractivity contribution in [1.82, 2.24) is 13.9 Å². The smallest absolute Gasteiger partial charge is 0.404 e. The van der Waals surface area contributed by atoms with Crippen LogP contribution in [0.1, 0.15) is 38.5 Å². The summed E-state index contributed by atoms with van der Waals surface area (Å²) in [5.41, 5.74) is 6.01. The van der Waals surface area contributed by atoms with Crippen LogP contribution in [0.25, 0.3) is 0 Å². The first-order chi connectivity index (χ1) is 10.4.